The number of rotatable bonds is 3. The van der Waals surface area contributed by atoms with E-state index < -0.39 is 0 Å². The molecule has 2 N–H and O–H groups in total. The molecular formula is C11H15N5O2. The van der Waals surface area contributed by atoms with Gasteiger partial charge in [-0.25, -0.2) is 15.0 Å². The van der Waals surface area contributed by atoms with Gasteiger partial charge in [-0.05, 0) is 12.8 Å². The summed E-state index contributed by atoms with van der Waals surface area (Å²) in [6.07, 6.45) is 5.12. The second-order valence-electron chi connectivity index (χ2n) is 4.33. The third kappa shape index (κ3) is 1.81. The van der Waals surface area contributed by atoms with Gasteiger partial charge in [0.2, 0.25) is 0 Å². The summed E-state index contributed by atoms with van der Waals surface area (Å²) in [6.45, 7) is 0.611. The highest BCUT2D eigenvalue weighted by Gasteiger charge is 2.28. The third-order valence-electron chi connectivity index (χ3n) is 3.14. The molecule has 7 nitrogen and oxygen atoms in total. The van der Waals surface area contributed by atoms with Crippen molar-refractivity contribution in [2.75, 3.05) is 19.5 Å². The van der Waals surface area contributed by atoms with E-state index in [1.807, 2.05) is 4.57 Å². The number of fused-ring (bicyclic) bond motifs is 1. The Morgan fingerprint density at radius 3 is 3.17 bits per heavy atom. The summed E-state index contributed by atoms with van der Waals surface area (Å²) in [5.74, 6) is 0.394. The average molecular weight is 249 g/mol. The molecule has 2 aromatic heterocycles. The second kappa shape index (κ2) is 4.51. The van der Waals surface area contributed by atoms with Gasteiger partial charge in [-0.3, -0.25) is 4.57 Å². The minimum absolute atomic E-state index is 0.0514. The first-order valence-corrected chi connectivity index (χ1v) is 5.87. The van der Waals surface area contributed by atoms with Crippen LogP contribution in [-0.4, -0.2) is 39.3 Å². The molecule has 1 aliphatic heterocycles. The molecule has 2 aromatic rings. The van der Waals surface area contributed by atoms with Gasteiger partial charge in [0.1, 0.15) is 18.1 Å². The highest BCUT2D eigenvalue weighted by molar-refractivity contribution is 5.81. The molecule has 3 heterocycles. The lowest BCUT2D eigenvalue weighted by atomic mass is 10.2. The van der Waals surface area contributed by atoms with Gasteiger partial charge in [-0.15, -0.1) is 0 Å². The van der Waals surface area contributed by atoms with Crippen molar-refractivity contribution in [3.05, 3.63) is 12.7 Å². The Hall–Kier alpha value is -1.73. The van der Waals surface area contributed by atoms with E-state index in [2.05, 4.69) is 15.0 Å². The zero-order valence-corrected chi connectivity index (χ0v) is 10.1. The number of anilines is 1. The van der Waals surface area contributed by atoms with Gasteiger partial charge in [0.15, 0.2) is 11.5 Å². The van der Waals surface area contributed by atoms with E-state index in [4.69, 9.17) is 15.2 Å². The number of ether oxygens (including phenoxy) is 2. The Labute approximate surface area is 104 Å². The van der Waals surface area contributed by atoms with Crippen LogP contribution >= 0.6 is 0 Å². The lowest BCUT2D eigenvalue weighted by Crippen LogP contribution is -2.15. The number of methoxy groups -OCH3 is 1. The van der Waals surface area contributed by atoms with Crippen LogP contribution in [0.15, 0.2) is 12.7 Å². The highest BCUT2D eigenvalue weighted by atomic mass is 16.5. The highest BCUT2D eigenvalue weighted by Crippen LogP contribution is 2.30. The zero-order chi connectivity index (χ0) is 12.5. The molecule has 96 valence electrons. The quantitative estimate of drug-likeness (QED) is 0.862. The maximum absolute atomic E-state index is 5.89. The van der Waals surface area contributed by atoms with Gasteiger partial charge in [0.05, 0.1) is 19.0 Å². The summed E-state index contributed by atoms with van der Waals surface area (Å²) in [7, 11) is 1.68. The van der Waals surface area contributed by atoms with Crippen molar-refractivity contribution in [2.45, 2.75) is 25.2 Å². The summed E-state index contributed by atoms with van der Waals surface area (Å²) in [5.41, 5.74) is 7.09. The van der Waals surface area contributed by atoms with E-state index in [0.29, 0.717) is 23.6 Å². The van der Waals surface area contributed by atoms with E-state index in [0.717, 1.165) is 12.8 Å². The minimum atomic E-state index is -0.0514. The standard InChI is InChI=1S/C11H15N5O2/c1-17-4-7-2-3-8(18-7)16-6-15-9-10(12)13-5-14-11(9)16/h5-8H,2-4H2,1H3,(H2,12,13,14). The van der Waals surface area contributed by atoms with Gasteiger partial charge in [-0.2, -0.15) is 0 Å². The van der Waals surface area contributed by atoms with Crippen molar-refractivity contribution in [3.63, 3.8) is 0 Å². The Morgan fingerprint density at radius 2 is 2.33 bits per heavy atom. The number of aromatic nitrogens is 4. The first-order chi connectivity index (χ1) is 8.79. The molecule has 2 unspecified atom stereocenters. The van der Waals surface area contributed by atoms with Gasteiger partial charge < -0.3 is 15.2 Å². The molecule has 0 radical (unpaired) electrons. The van der Waals surface area contributed by atoms with E-state index in [-0.39, 0.29) is 12.3 Å². The largest absolute Gasteiger partial charge is 0.382 e. The maximum Gasteiger partial charge on any atom is 0.167 e. The first-order valence-electron chi connectivity index (χ1n) is 5.87. The Kier molecular flexibility index (Phi) is 2.85. The molecule has 0 bridgehead atoms. The number of hydrogen-bond acceptors (Lipinski definition) is 6. The smallest absolute Gasteiger partial charge is 0.167 e. The molecule has 0 spiro atoms. The fraction of sp³-hybridized carbons (Fsp3) is 0.545. The zero-order valence-electron chi connectivity index (χ0n) is 10.1. The second-order valence-corrected chi connectivity index (χ2v) is 4.33. The molecule has 0 amide bonds. The van der Waals surface area contributed by atoms with E-state index in [9.17, 15) is 0 Å². The molecule has 2 atom stereocenters. The fourth-order valence-corrected chi connectivity index (χ4v) is 2.28. The van der Waals surface area contributed by atoms with Crippen LogP contribution in [-0.2, 0) is 9.47 Å². The minimum Gasteiger partial charge on any atom is -0.382 e. The predicted octanol–water partition coefficient (Wildman–Crippen LogP) is 0.732. The van der Waals surface area contributed by atoms with Gasteiger partial charge in [0.25, 0.3) is 0 Å². The molecule has 0 saturated carbocycles. The van der Waals surface area contributed by atoms with Crippen LogP contribution in [0, 0.1) is 0 Å². The monoisotopic (exact) mass is 249 g/mol. The summed E-state index contributed by atoms with van der Waals surface area (Å²) in [6, 6.07) is 0. The van der Waals surface area contributed by atoms with E-state index in [1.165, 1.54) is 6.33 Å². The topological polar surface area (TPSA) is 88.1 Å². The van der Waals surface area contributed by atoms with Crippen molar-refractivity contribution >= 4 is 17.0 Å². The normalized spacial score (nSPS) is 23.8. The first kappa shape index (κ1) is 11.4. The van der Waals surface area contributed by atoms with Crippen LogP contribution in [0.25, 0.3) is 11.2 Å². The molecule has 7 heteroatoms. The number of imidazole rings is 1. The summed E-state index contributed by atoms with van der Waals surface area (Å²) < 4.78 is 12.9. The van der Waals surface area contributed by atoms with Gasteiger partial charge in [-0.1, -0.05) is 0 Å². The Balaban J connectivity index is 1.89. The molecule has 0 aromatic carbocycles. The maximum atomic E-state index is 5.89. The van der Waals surface area contributed by atoms with Crippen LogP contribution in [0.3, 0.4) is 0 Å². The van der Waals surface area contributed by atoms with Crippen molar-refractivity contribution in [3.8, 4) is 0 Å². The lowest BCUT2D eigenvalue weighted by Gasteiger charge is -2.14. The van der Waals surface area contributed by atoms with Gasteiger partial charge >= 0.3 is 0 Å². The van der Waals surface area contributed by atoms with Crippen LogP contribution in [0.1, 0.15) is 19.1 Å². The number of nitrogens with two attached hydrogens (primary N) is 1. The van der Waals surface area contributed by atoms with Crippen molar-refractivity contribution in [1.82, 2.24) is 19.5 Å². The van der Waals surface area contributed by atoms with Crippen LogP contribution < -0.4 is 5.73 Å². The molecule has 1 saturated heterocycles. The van der Waals surface area contributed by atoms with Crippen molar-refractivity contribution in [2.24, 2.45) is 0 Å². The molecule has 18 heavy (non-hydrogen) atoms. The molecule has 1 fully saturated rings. The Morgan fingerprint density at radius 1 is 1.44 bits per heavy atom. The SMILES string of the molecule is COCC1CCC(n2cnc3c(N)ncnc32)O1. The number of hydrogen-bond donors (Lipinski definition) is 1. The average Bonchev–Trinajstić information content (AvgIpc) is 2.96. The lowest BCUT2D eigenvalue weighted by molar-refractivity contribution is -0.0300. The van der Waals surface area contributed by atoms with Crippen LogP contribution in [0.5, 0.6) is 0 Å². The molecule has 3 rings (SSSR count). The van der Waals surface area contributed by atoms with Crippen molar-refractivity contribution in [1.29, 1.82) is 0 Å². The fourth-order valence-electron chi connectivity index (χ4n) is 2.28. The summed E-state index contributed by atoms with van der Waals surface area (Å²) >= 11 is 0. The van der Waals surface area contributed by atoms with Crippen LogP contribution in [0.4, 0.5) is 5.82 Å². The van der Waals surface area contributed by atoms with Crippen LogP contribution in [0.2, 0.25) is 0 Å². The molecule has 1 aliphatic rings. The molecular weight excluding hydrogens is 234 g/mol. The summed E-state index contributed by atoms with van der Waals surface area (Å²) in [4.78, 5) is 12.4. The van der Waals surface area contributed by atoms with E-state index in [1.54, 1.807) is 13.4 Å². The number of nitrogen functional groups attached to an aromatic ring is 1. The summed E-state index contributed by atoms with van der Waals surface area (Å²) in [5, 5.41) is 0. The van der Waals surface area contributed by atoms with E-state index >= 15 is 0 Å². The van der Waals surface area contributed by atoms with Crippen molar-refractivity contribution < 1.29 is 9.47 Å². The predicted molar refractivity (Wildman–Crippen MR) is 64.8 cm³/mol. The third-order valence-corrected chi connectivity index (χ3v) is 3.14. The van der Waals surface area contributed by atoms with Gasteiger partial charge in [0, 0.05) is 7.11 Å². The Bertz CT molecular complexity index is 555. The number of nitrogens with zero attached hydrogens (tertiary/aromatic N) is 4. The molecule has 0 aliphatic carbocycles.